The molecule has 158 valence electrons. The van der Waals surface area contributed by atoms with Gasteiger partial charge in [0.15, 0.2) is 5.65 Å². The van der Waals surface area contributed by atoms with Gasteiger partial charge in [0.25, 0.3) is 5.91 Å². The molecule has 0 bridgehead atoms. The molecule has 0 spiro atoms. The van der Waals surface area contributed by atoms with Crippen LogP contribution in [-0.4, -0.2) is 44.7 Å². The first-order chi connectivity index (χ1) is 13.1. The zero-order chi connectivity index (χ0) is 19.0. The van der Waals surface area contributed by atoms with Crippen molar-refractivity contribution in [3.8, 4) is 10.6 Å². The third-order valence-corrected chi connectivity index (χ3v) is 6.11. The van der Waals surface area contributed by atoms with E-state index in [4.69, 9.17) is 10.7 Å². The summed E-state index contributed by atoms with van der Waals surface area (Å²) < 4.78 is 1.89. The molecule has 1 saturated heterocycles. The minimum absolute atomic E-state index is 0. The molecule has 1 fully saturated rings. The highest BCUT2D eigenvalue weighted by Gasteiger charge is 2.29. The van der Waals surface area contributed by atoms with Gasteiger partial charge in [0.1, 0.15) is 0 Å². The average Bonchev–Trinajstić information content (AvgIpc) is 3.36. The van der Waals surface area contributed by atoms with E-state index in [1.165, 1.54) is 0 Å². The Morgan fingerprint density at radius 1 is 1.34 bits per heavy atom. The molecule has 9 heteroatoms. The highest BCUT2D eigenvalue weighted by atomic mass is 35.5. The molecule has 29 heavy (non-hydrogen) atoms. The summed E-state index contributed by atoms with van der Waals surface area (Å²) in [5.41, 5.74) is 8.22. The number of fused-ring (bicyclic) bond motifs is 1. The maximum Gasteiger partial charge on any atom is 0.255 e. The number of piperidine rings is 1. The monoisotopic (exact) mass is 455 g/mol. The fraction of sp³-hybridized carbons (Fsp3) is 0.450. The van der Waals surface area contributed by atoms with Crippen LogP contribution in [-0.2, 0) is 0 Å². The summed E-state index contributed by atoms with van der Waals surface area (Å²) in [4.78, 5) is 21.3. The predicted octanol–water partition coefficient (Wildman–Crippen LogP) is 4.54. The molecule has 6 nitrogen and oxygen atoms in total. The van der Waals surface area contributed by atoms with Gasteiger partial charge >= 0.3 is 0 Å². The SMILES string of the molecule is CC(C)n1ncc2c(C(=O)N3CCCCC3CN)cc(-c3cccs3)nc21.Cl.Cl. The van der Waals surface area contributed by atoms with Gasteiger partial charge < -0.3 is 10.6 Å². The lowest BCUT2D eigenvalue weighted by atomic mass is 10.00. The van der Waals surface area contributed by atoms with Crippen molar-refractivity contribution in [3.63, 3.8) is 0 Å². The fourth-order valence-electron chi connectivity index (χ4n) is 3.79. The lowest BCUT2D eigenvalue weighted by molar-refractivity contribution is 0.0625. The molecular weight excluding hydrogens is 429 g/mol. The molecule has 1 unspecified atom stereocenters. The van der Waals surface area contributed by atoms with Gasteiger partial charge in [-0.2, -0.15) is 5.10 Å². The summed E-state index contributed by atoms with van der Waals surface area (Å²) in [5, 5.41) is 7.35. The van der Waals surface area contributed by atoms with E-state index in [0.717, 1.165) is 47.4 Å². The van der Waals surface area contributed by atoms with Gasteiger partial charge in [-0.15, -0.1) is 36.2 Å². The number of pyridine rings is 1. The van der Waals surface area contributed by atoms with Crippen molar-refractivity contribution in [3.05, 3.63) is 35.3 Å². The highest BCUT2D eigenvalue weighted by Crippen LogP contribution is 2.30. The molecule has 1 aliphatic rings. The van der Waals surface area contributed by atoms with Crippen molar-refractivity contribution in [1.29, 1.82) is 0 Å². The van der Waals surface area contributed by atoms with Crippen LogP contribution >= 0.6 is 36.2 Å². The van der Waals surface area contributed by atoms with Gasteiger partial charge in [0.2, 0.25) is 0 Å². The van der Waals surface area contributed by atoms with Crippen molar-refractivity contribution < 1.29 is 4.79 Å². The lowest BCUT2D eigenvalue weighted by Crippen LogP contribution is -2.47. The van der Waals surface area contributed by atoms with Gasteiger partial charge in [-0.3, -0.25) is 4.79 Å². The normalized spacial score (nSPS) is 16.6. The first-order valence-electron chi connectivity index (χ1n) is 9.53. The molecule has 4 heterocycles. The van der Waals surface area contributed by atoms with Gasteiger partial charge in [0.05, 0.1) is 27.7 Å². The van der Waals surface area contributed by atoms with Crippen LogP contribution in [0.2, 0.25) is 0 Å². The Hall–Kier alpha value is -1.67. The van der Waals surface area contributed by atoms with Crippen LogP contribution in [0.4, 0.5) is 0 Å². The van der Waals surface area contributed by atoms with Crippen LogP contribution in [0.5, 0.6) is 0 Å². The Balaban J connectivity index is 0.00000150. The van der Waals surface area contributed by atoms with Crippen LogP contribution in [0.1, 0.15) is 49.5 Å². The molecule has 0 aliphatic carbocycles. The van der Waals surface area contributed by atoms with Gasteiger partial charge in [-0.1, -0.05) is 6.07 Å². The van der Waals surface area contributed by atoms with Gasteiger partial charge in [-0.05, 0) is 50.6 Å². The fourth-order valence-corrected chi connectivity index (χ4v) is 4.48. The van der Waals surface area contributed by atoms with Crippen LogP contribution in [0, 0.1) is 0 Å². The minimum Gasteiger partial charge on any atom is -0.334 e. The maximum absolute atomic E-state index is 13.5. The number of thiophene rings is 1. The molecule has 0 aromatic carbocycles. The molecule has 3 aromatic heterocycles. The number of likely N-dealkylation sites (tertiary alicyclic amines) is 1. The summed E-state index contributed by atoms with van der Waals surface area (Å²) >= 11 is 1.63. The Morgan fingerprint density at radius 2 is 2.14 bits per heavy atom. The number of nitrogens with two attached hydrogens (primary N) is 1. The average molecular weight is 456 g/mol. The molecule has 1 amide bonds. The van der Waals surface area contributed by atoms with Crippen molar-refractivity contribution in [2.24, 2.45) is 5.73 Å². The number of rotatable bonds is 4. The molecular formula is C20H27Cl2N5OS. The maximum atomic E-state index is 13.5. The van der Waals surface area contributed by atoms with Crippen LogP contribution in [0.15, 0.2) is 29.8 Å². The summed E-state index contributed by atoms with van der Waals surface area (Å²) in [6.07, 6.45) is 4.90. The van der Waals surface area contributed by atoms with Crippen molar-refractivity contribution in [2.45, 2.75) is 45.2 Å². The van der Waals surface area contributed by atoms with E-state index in [1.807, 2.05) is 33.2 Å². The lowest BCUT2D eigenvalue weighted by Gasteiger charge is -2.35. The largest absolute Gasteiger partial charge is 0.334 e. The van der Waals surface area contributed by atoms with E-state index in [9.17, 15) is 4.79 Å². The van der Waals surface area contributed by atoms with E-state index in [0.29, 0.717) is 12.1 Å². The summed E-state index contributed by atoms with van der Waals surface area (Å²) in [7, 11) is 0. The first kappa shape index (κ1) is 23.6. The van der Waals surface area contributed by atoms with E-state index >= 15 is 0 Å². The number of carbonyl (C=O) groups excluding carboxylic acids is 1. The van der Waals surface area contributed by atoms with Gasteiger partial charge in [0, 0.05) is 25.2 Å². The second-order valence-corrected chi connectivity index (χ2v) is 8.28. The third kappa shape index (κ3) is 4.43. The van der Waals surface area contributed by atoms with Crippen LogP contribution in [0.3, 0.4) is 0 Å². The van der Waals surface area contributed by atoms with Gasteiger partial charge in [-0.25, -0.2) is 9.67 Å². The number of amides is 1. The van der Waals surface area contributed by atoms with E-state index in [1.54, 1.807) is 17.5 Å². The Bertz CT molecular complexity index is 957. The molecule has 2 N–H and O–H groups in total. The van der Waals surface area contributed by atoms with Crippen LogP contribution in [0.25, 0.3) is 21.6 Å². The predicted molar refractivity (Wildman–Crippen MR) is 123 cm³/mol. The number of aromatic nitrogens is 3. The Morgan fingerprint density at radius 3 is 2.79 bits per heavy atom. The summed E-state index contributed by atoms with van der Waals surface area (Å²) in [5.74, 6) is 0.0404. The van der Waals surface area contributed by atoms with Crippen molar-refractivity contribution in [2.75, 3.05) is 13.1 Å². The number of nitrogens with zero attached hydrogens (tertiary/aromatic N) is 4. The third-order valence-electron chi connectivity index (χ3n) is 5.22. The van der Waals surface area contributed by atoms with E-state index < -0.39 is 0 Å². The summed E-state index contributed by atoms with van der Waals surface area (Å²) in [6.45, 7) is 5.41. The molecule has 1 atom stereocenters. The minimum atomic E-state index is 0. The number of carbonyl (C=O) groups is 1. The number of halogens is 2. The topological polar surface area (TPSA) is 77.0 Å². The van der Waals surface area contributed by atoms with E-state index in [-0.39, 0.29) is 42.8 Å². The molecule has 3 aromatic rings. The number of hydrogen-bond acceptors (Lipinski definition) is 5. The standard InChI is InChI=1S/C20H25N5OS.2ClH/c1-13(2)25-19-16(12-22-25)15(10-17(23-19)18-7-5-9-27-18)20(26)24-8-4-3-6-14(24)11-21;;/h5,7,9-10,12-14H,3-4,6,8,11,21H2,1-2H3;2*1H. The highest BCUT2D eigenvalue weighted by molar-refractivity contribution is 7.13. The molecule has 0 radical (unpaired) electrons. The zero-order valence-electron chi connectivity index (χ0n) is 16.6. The smallest absolute Gasteiger partial charge is 0.255 e. The Labute approximate surface area is 187 Å². The van der Waals surface area contributed by atoms with E-state index in [2.05, 4.69) is 18.9 Å². The number of hydrogen-bond donors (Lipinski definition) is 1. The van der Waals surface area contributed by atoms with Crippen molar-refractivity contribution in [1.82, 2.24) is 19.7 Å². The molecule has 4 rings (SSSR count). The zero-order valence-corrected chi connectivity index (χ0v) is 19.0. The van der Waals surface area contributed by atoms with Crippen molar-refractivity contribution >= 4 is 53.1 Å². The summed E-state index contributed by atoms with van der Waals surface area (Å²) in [6, 6.07) is 6.24. The van der Waals surface area contributed by atoms with Crippen LogP contribution < -0.4 is 5.73 Å². The second kappa shape index (κ2) is 9.89. The second-order valence-electron chi connectivity index (χ2n) is 7.34. The Kier molecular flexibility index (Phi) is 8.05. The molecule has 0 saturated carbocycles. The first-order valence-corrected chi connectivity index (χ1v) is 10.4. The molecule has 1 aliphatic heterocycles. The quantitative estimate of drug-likeness (QED) is 0.626.